The summed E-state index contributed by atoms with van der Waals surface area (Å²) in [6.07, 6.45) is 0.566. The van der Waals surface area contributed by atoms with Gasteiger partial charge < -0.3 is 14.6 Å². The number of carboxylic acid groups (broad SMARTS) is 1. The van der Waals surface area contributed by atoms with Crippen LogP contribution in [0, 0.1) is 5.82 Å². The molecule has 108 valence electrons. The third kappa shape index (κ3) is 2.97. The average molecular weight is 288 g/mol. The van der Waals surface area contributed by atoms with Crippen molar-refractivity contribution in [2.75, 3.05) is 6.61 Å². The van der Waals surface area contributed by atoms with Gasteiger partial charge in [-0.25, -0.2) is 9.18 Å². The van der Waals surface area contributed by atoms with Crippen LogP contribution in [0.15, 0.2) is 42.5 Å². The lowest BCUT2D eigenvalue weighted by Crippen LogP contribution is -2.22. The van der Waals surface area contributed by atoms with E-state index in [0.29, 0.717) is 0 Å². The molecule has 0 bridgehead atoms. The van der Waals surface area contributed by atoms with Gasteiger partial charge in [0.05, 0.1) is 5.56 Å². The van der Waals surface area contributed by atoms with E-state index in [4.69, 9.17) is 14.6 Å². The number of fused-ring (bicyclic) bond motifs is 1. The Bertz CT molecular complexity index is 659. The molecule has 0 amide bonds. The molecule has 0 fully saturated rings. The van der Waals surface area contributed by atoms with Gasteiger partial charge in [0.15, 0.2) is 0 Å². The van der Waals surface area contributed by atoms with Crippen molar-refractivity contribution in [2.45, 2.75) is 12.5 Å². The number of hydrogen-bond donors (Lipinski definition) is 1. The van der Waals surface area contributed by atoms with E-state index in [9.17, 15) is 9.18 Å². The fraction of sp³-hybridized carbons (Fsp3) is 0.188. The van der Waals surface area contributed by atoms with Gasteiger partial charge in [0.1, 0.15) is 30.0 Å². The molecule has 1 unspecified atom stereocenters. The maximum absolute atomic E-state index is 13.3. The summed E-state index contributed by atoms with van der Waals surface area (Å²) in [6, 6.07) is 11.1. The van der Waals surface area contributed by atoms with E-state index in [1.807, 2.05) is 24.3 Å². The first-order valence-corrected chi connectivity index (χ1v) is 6.53. The maximum Gasteiger partial charge on any atom is 0.335 e. The third-order valence-electron chi connectivity index (χ3n) is 3.27. The van der Waals surface area contributed by atoms with Gasteiger partial charge in [0.2, 0.25) is 0 Å². The minimum atomic E-state index is -1.19. The van der Waals surface area contributed by atoms with E-state index in [1.165, 1.54) is 6.07 Å². The summed E-state index contributed by atoms with van der Waals surface area (Å²) < 4.78 is 24.5. The van der Waals surface area contributed by atoms with Gasteiger partial charge in [-0.15, -0.1) is 0 Å². The second kappa shape index (κ2) is 5.44. The molecule has 2 aromatic rings. The summed E-state index contributed by atoms with van der Waals surface area (Å²) in [6.45, 7) is 0.233. The summed E-state index contributed by atoms with van der Waals surface area (Å²) in [5, 5.41) is 8.88. The van der Waals surface area contributed by atoms with E-state index in [0.717, 1.165) is 29.9 Å². The van der Waals surface area contributed by atoms with Crippen molar-refractivity contribution < 1.29 is 23.8 Å². The summed E-state index contributed by atoms with van der Waals surface area (Å²) in [5.41, 5.74) is 0.970. The molecule has 2 aromatic carbocycles. The van der Waals surface area contributed by atoms with Crippen molar-refractivity contribution in [2.24, 2.45) is 0 Å². The molecule has 0 radical (unpaired) electrons. The number of ether oxygens (including phenoxy) is 2. The van der Waals surface area contributed by atoms with Crippen LogP contribution in [0.3, 0.4) is 0 Å². The molecule has 0 aromatic heterocycles. The van der Waals surface area contributed by atoms with Crippen molar-refractivity contribution in [3.8, 4) is 11.5 Å². The highest BCUT2D eigenvalue weighted by atomic mass is 19.1. The van der Waals surface area contributed by atoms with E-state index < -0.39 is 11.8 Å². The number of rotatable bonds is 4. The molecule has 1 aliphatic heterocycles. The zero-order valence-electron chi connectivity index (χ0n) is 11.1. The Morgan fingerprint density at radius 3 is 2.90 bits per heavy atom. The van der Waals surface area contributed by atoms with Gasteiger partial charge in [-0.3, -0.25) is 0 Å². The topological polar surface area (TPSA) is 55.8 Å². The highest BCUT2D eigenvalue weighted by Crippen LogP contribution is 2.28. The second-order valence-corrected chi connectivity index (χ2v) is 4.84. The fourth-order valence-electron chi connectivity index (χ4n) is 2.31. The highest BCUT2D eigenvalue weighted by Gasteiger charge is 2.23. The summed E-state index contributed by atoms with van der Waals surface area (Å²) in [5.74, 6) is -0.812. The van der Waals surface area contributed by atoms with E-state index >= 15 is 0 Å². The lowest BCUT2D eigenvalue weighted by Gasteiger charge is -2.12. The van der Waals surface area contributed by atoms with Crippen LogP contribution in [0.4, 0.5) is 4.39 Å². The molecule has 0 aliphatic carbocycles. The number of carbonyl (C=O) groups is 1. The van der Waals surface area contributed by atoms with Crippen LogP contribution < -0.4 is 9.47 Å². The first-order valence-electron chi connectivity index (χ1n) is 6.53. The molecule has 1 N–H and O–H groups in total. The predicted molar refractivity (Wildman–Crippen MR) is 73.4 cm³/mol. The van der Waals surface area contributed by atoms with Crippen molar-refractivity contribution >= 4 is 5.97 Å². The molecule has 0 saturated carbocycles. The van der Waals surface area contributed by atoms with Crippen LogP contribution >= 0.6 is 0 Å². The quantitative estimate of drug-likeness (QED) is 0.940. The van der Waals surface area contributed by atoms with Crippen LogP contribution in [0.2, 0.25) is 0 Å². The second-order valence-electron chi connectivity index (χ2n) is 4.84. The monoisotopic (exact) mass is 288 g/mol. The van der Waals surface area contributed by atoms with Crippen LogP contribution in [-0.2, 0) is 6.42 Å². The summed E-state index contributed by atoms with van der Waals surface area (Å²) in [7, 11) is 0. The number of para-hydroxylation sites is 1. The summed E-state index contributed by atoms with van der Waals surface area (Å²) >= 11 is 0. The van der Waals surface area contributed by atoms with Gasteiger partial charge in [0.25, 0.3) is 0 Å². The molecular formula is C16H13FO4. The zero-order chi connectivity index (χ0) is 14.8. The Morgan fingerprint density at radius 1 is 1.33 bits per heavy atom. The Kier molecular flexibility index (Phi) is 3.48. The van der Waals surface area contributed by atoms with E-state index in [-0.39, 0.29) is 24.0 Å². The van der Waals surface area contributed by atoms with Crippen molar-refractivity contribution in [1.82, 2.24) is 0 Å². The third-order valence-corrected chi connectivity index (χ3v) is 3.27. The molecule has 1 atom stereocenters. The maximum atomic E-state index is 13.3. The van der Waals surface area contributed by atoms with Crippen molar-refractivity contribution in [3.63, 3.8) is 0 Å². The number of halogens is 1. The molecular weight excluding hydrogens is 275 g/mol. The first kappa shape index (κ1) is 13.4. The zero-order valence-corrected chi connectivity index (χ0v) is 11.1. The van der Waals surface area contributed by atoms with Crippen molar-refractivity contribution in [1.29, 1.82) is 0 Å². The molecule has 0 spiro atoms. The predicted octanol–water partition coefficient (Wildman–Crippen LogP) is 2.91. The molecule has 5 heteroatoms. The smallest absolute Gasteiger partial charge is 0.335 e. The lowest BCUT2D eigenvalue weighted by molar-refractivity contribution is 0.0695. The van der Waals surface area contributed by atoms with Gasteiger partial charge >= 0.3 is 5.97 Å². The Hall–Kier alpha value is -2.56. The highest BCUT2D eigenvalue weighted by molar-refractivity contribution is 5.88. The van der Waals surface area contributed by atoms with E-state index in [1.54, 1.807) is 0 Å². The lowest BCUT2D eigenvalue weighted by atomic mass is 10.1. The largest absolute Gasteiger partial charge is 0.490 e. The fourth-order valence-corrected chi connectivity index (χ4v) is 2.31. The minimum Gasteiger partial charge on any atom is -0.490 e. The molecule has 1 aliphatic rings. The first-order chi connectivity index (χ1) is 10.1. The SMILES string of the molecule is O=C(O)c1cc(F)cc(OCC2Cc3ccccc3O2)c1. The van der Waals surface area contributed by atoms with Crippen LogP contribution in [0.1, 0.15) is 15.9 Å². The summed E-state index contributed by atoms with van der Waals surface area (Å²) in [4.78, 5) is 10.9. The standard InChI is InChI=1S/C16H13FO4/c17-12-5-11(16(18)19)7-13(8-12)20-9-14-6-10-3-1-2-4-15(10)21-14/h1-5,7-8,14H,6,9H2,(H,18,19). The molecule has 21 heavy (non-hydrogen) atoms. The minimum absolute atomic E-state index is 0.138. The molecule has 1 heterocycles. The number of aromatic carboxylic acids is 1. The van der Waals surface area contributed by atoms with Gasteiger partial charge in [0, 0.05) is 12.5 Å². The number of hydrogen-bond acceptors (Lipinski definition) is 3. The van der Waals surface area contributed by atoms with Gasteiger partial charge in [-0.2, -0.15) is 0 Å². The molecule has 3 rings (SSSR count). The number of benzene rings is 2. The van der Waals surface area contributed by atoms with E-state index in [2.05, 4.69) is 0 Å². The van der Waals surface area contributed by atoms with Crippen LogP contribution in [-0.4, -0.2) is 23.8 Å². The Morgan fingerprint density at radius 2 is 2.14 bits per heavy atom. The van der Waals surface area contributed by atoms with Crippen LogP contribution in [0.25, 0.3) is 0 Å². The average Bonchev–Trinajstić information content (AvgIpc) is 2.87. The van der Waals surface area contributed by atoms with Crippen molar-refractivity contribution in [3.05, 3.63) is 59.4 Å². The Balaban J connectivity index is 1.65. The molecule has 4 nitrogen and oxygen atoms in total. The number of carboxylic acids is 1. The van der Waals surface area contributed by atoms with Crippen LogP contribution in [0.5, 0.6) is 11.5 Å². The Labute approximate surface area is 120 Å². The van der Waals surface area contributed by atoms with Gasteiger partial charge in [-0.1, -0.05) is 18.2 Å². The molecule has 0 saturated heterocycles. The van der Waals surface area contributed by atoms with Gasteiger partial charge in [-0.05, 0) is 23.8 Å². The normalized spacial score (nSPS) is 16.1.